The van der Waals surface area contributed by atoms with Crippen LogP contribution in [-0.2, 0) is 14.3 Å². The van der Waals surface area contributed by atoms with Crippen LogP contribution in [0, 0.1) is 11.8 Å². The number of ether oxygens (including phenoxy) is 2. The average molecular weight is 432 g/mol. The molecule has 8 heteroatoms. The molecule has 170 valence electrons. The van der Waals surface area contributed by atoms with E-state index in [1.54, 1.807) is 49.1 Å². The molecule has 0 aromatic heterocycles. The van der Waals surface area contributed by atoms with Gasteiger partial charge in [-0.2, -0.15) is 0 Å². The standard InChI is InChI=1S/C23H33N3O5/c1-14-11-26(16(3)27)15(2)13-31-20-10-18(24-22(28)17-6-7-17)8-9-19(20)23(29)25(4)12-21(14)30-5/h8-10,14-15,17,21H,6-7,11-13H2,1-5H3,(H,24,28)/t14-,15-,21-/m0/s1. The quantitative estimate of drug-likeness (QED) is 0.794. The maximum absolute atomic E-state index is 13.2. The molecule has 1 aromatic carbocycles. The Kier molecular flexibility index (Phi) is 7.20. The van der Waals surface area contributed by atoms with Crippen LogP contribution in [0.5, 0.6) is 5.75 Å². The summed E-state index contributed by atoms with van der Waals surface area (Å²) in [5.74, 6) is 0.274. The first-order valence-electron chi connectivity index (χ1n) is 10.8. The van der Waals surface area contributed by atoms with Crippen LogP contribution in [0.25, 0.3) is 0 Å². The maximum Gasteiger partial charge on any atom is 0.257 e. The Hall–Kier alpha value is -2.61. The summed E-state index contributed by atoms with van der Waals surface area (Å²) < 4.78 is 11.7. The Morgan fingerprint density at radius 1 is 1.19 bits per heavy atom. The fourth-order valence-electron chi connectivity index (χ4n) is 3.88. The summed E-state index contributed by atoms with van der Waals surface area (Å²) in [6, 6.07) is 4.90. The van der Waals surface area contributed by atoms with Gasteiger partial charge in [-0.05, 0) is 31.9 Å². The number of methoxy groups -OCH3 is 1. The fourth-order valence-corrected chi connectivity index (χ4v) is 3.88. The van der Waals surface area contributed by atoms with E-state index in [0.717, 1.165) is 12.8 Å². The number of fused-ring (bicyclic) bond motifs is 1. The van der Waals surface area contributed by atoms with Crippen LogP contribution in [-0.4, -0.2) is 73.5 Å². The van der Waals surface area contributed by atoms with Crippen molar-refractivity contribution < 1.29 is 23.9 Å². The molecule has 3 atom stereocenters. The van der Waals surface area contributed by atoms with E-state index in [0.29, 0.717) is 30.1 Å². The Morgan fingerprint density at radius 2 is 1.90 bits per heavy atom. The van der Waals surface area contributed by atoms with E-state index < -0.39 is 0 Å². The summed E-state index contributed by atoms with van der Waals surface area (Å²) in [7, 11) is 3.35. The molecular weight excluding hydrogens is 398 g/mol. The first kappa shape index (κ1) is 23.1. The minimum atomic E-state index is -0.219. The molecule has 3 rings (SSSR count). The van der Waals surface area contributed by atoms with Crippen LogP contribution in [0.15, 0.2) is 18.2 Å². The van der Waals surface area contributed by atoms with E-state index in [2.05, 4.69) is 5.32 Å². The van der Waals surface area contributed by atoms with Crippen molar-refractivity contribution in [2.24, 2.45) is 11.8 Å². The number of hydrogen-bond acceptors (Lipinski definition) is 5. The highest BCUT2D eigenvalue weighted by Crippen LogP contribution is 2.32. The first-order valence-corrected chi connectivity index (χ1v) is 10.8. The van der Waals surface area contributed by atoms with Gasteiger partial charge in [-0.1, -0.05) is 6.92 Å². The van der Waals surface area contributed by atoms with Crippen molar-refractivity contribution in [3.63, 3.8) is 0 Å². The molecule has 1 aliphatic carbocycles. The van der Waals surface area contributed by atoms with Gasteiger partial charge in [0.05, 0.1) is 17.7 Å². The van der Waals surface area contributed by atoms with Crippen LogP contribution in [0.2, 0.25) is 0 Å². The zero-order chi connectivity index (χ0) is 22.7. The average Bonchev–Trinajstić information content (AvgIpc) is 3.58. The van der Waals surface area contributed by atoms with Crippen molar-refractivity contribution in [2.75, 3.05) is 39.2 Å². The van der Waals surface area contributed by atoms with E-state index >= 15 is 0 Å². The lowest BCUT2D eigenvalue weighted by Gasteiger charge is -2.35. The summed E-state index contributed by atoms with van der Waals surface area (Å²) in [6.45, 7) is 6.61. The zero-order valence-corrected chi connectivity index (χ0v) is 19.0. The second-order valence-electron chi connectivity index (χ2n) is 8.74. The van der Waals surface area contributed by atoms with Gasteiger partial charge in [-0.25, -0.2) is 0 Å². The number of amides is 3. The summed E-state index contributed by atoms with van der Waals surface area (Å²) in [6.07, 6.45) is 1.60. The first-order chi connectivity index (χ1) is 14.7. The van der Waals surface area contributed by atoms with Crippen molar-refractivity contribution in [1.82, 2.24) is 9.80 Å². The monoisotopic (exact) mass is 431 g/mol. The lowest BCUT2D eigenvalue weighted by atomic mass is 10.0. The van der Waals surface area contributed by atoms with Gasteiger partial charge in [-0.3, -0.25) is 14.4 Å². The highest BCUT2D eigenvalue weighted by Gasteiger charge is 2.31. The van der Waals surface area contributed by atoms with Gasteiger partial charge < -0.3 is 24.6 Å². The minimum absolute atomic E-state index is 0.00963. The number of anilines is 1. The predicted octanol–water partition coefficient (Wildman–Crippen LogP) is 2.39. The highest BCUT2D eigenvalue weighted by atomic mass is 16.5. The van der Waals surface area contributed by atoms with Gasteiger partial charge in [0.1, 0.15) is 12.4 Å². The third-order valence-electron chi connectivity index (χ3n) is 6.07. The van der Waals surface area contributed by atoms with E-state index in [-0.39, 0.29) is 48.3 Å². The van der Waals surface area contributed by atoms with Crippen molar-refractivity contribution in [1.29, 1.82) is 0 Å². The number of carbonyl (C=O) groups excluding carboxylic acids is 3. The van der Waals surface area contributed by atoms with E-state index in [1.165, 1.54) is 0 Å². The number of likely N-dealkylation sites (N-methyl/N-ethyl adjacent to an activating group) is 1. The third kappa shape index (κ3) is 5.55. The van der Waals surface area contributed by atoms with E-state index in [9.17, 15) is 14.4 Å². The van der Waals surface area contributed by atoms with Crippen molar-refractivity contribution in [2.45, 2.75) is 45.8 Å². The molecule has 1 aromatic rings. The number of carbonyl (C=O) groups is 3. The number of rotatable bonds is 3. The summed E-state index contributed by atoms with van der Waals surface area (Å²) in [4.78, 5) is 41.0. The lowest BCUT2D eigenvalue weighted by molar-refractivity contribution is -0.133. The van der Waals surface area contributed by atoms with Gasteiger partial charge in [-0.15, -0.1) is 0 Å². The molecule has 1 aliphatic heterocycles. The molecule has 1 saturated carbocycles. The Morgan fingerprint density at radius 3 is 2.52 bits per heavy atom. The van der Waals surface area contributed by atoms with Crippen LogP contribution < -0.4 is 10.1 Å². The molecule has 3 amide bonds. The molecule has 0 spiro atoms. The van der Waals surface area contributed by atoms with E-state index in [1.807, 2.05) is 13.8 Å². The lowest BCUT2D eigenvalue weighted by Crippen LogP contribution is -2.48. The minimum Gasteiger partial charge on any atom is -0.491 e. The van der Waals surface area contributed by atoms with Gasteiger partial charge in [0, 0.05) is 57.8 Å². The molecule has 0 saturated heterocycles. The number of nitrogens with one attached hydrogen (secondary N) is 1. The van der Waals surface area contributed by atoms with Crippen molar-refractivity contribution in [3.05, 3.63) is 23.8 Å². The van der Waals surface area contributed by atoms with E-state index in [4.69, 9.17) is 9.47 Å². The molecule has 31 heavy (non-hydrogen) atoms. The Balaban J connectivity index is 1.92. The predicted molar refractivity (Wildman–Crippen MR) is 117 cm³/mol. The van der Waals surface area contributed by atoms with Crippen LogP contribution >= 0.6 is 0 Å². The van der Waals surface area contributed by atoms with Crippen LogP contribution in [0.1, 0.15) is 44.0 Å². The summed E-state index contributed by atoms with van der Waals surface area (Å²) >= 11 is 0. The largest absolute Gasteiger partial charge is 0.491 e. The second kappa shape index (κ2) is 9.68. The third-order valence-corrected chi connectivity index (χ3v) is 6.07. The van der Waals surface area contributed by atoms with Gasteiger partial charge in [0.15, 0.2) is 0 Å². The molecule has 0 unspecified atom stereocenters. The molecule has 8 nitrogen and oxygen atoms in total. The van der Waals surface area contributed by atoms with Crippen molar-refractivity contribution >= 4 is 23.4 Å². The SMILES string of the molecule is CO[C@H]1CN(C)C(=O)c2ccc(NC(=O)C3CC3)cc2OC[C@H](C)N(C(C)=O)C[C@@H]1C. The van der Waals surface area contributed by atoms with Crippen LogP contribution in [0.3, 0.4) is 0 Å². The fraction of sp³-hybridized carbons (Fsp3) is 0.609. The Bertz CT molecular complexity index is 839. The maximum atomic E-state index is 13.2. The van der Waals surface area contributed by atoms with Gasteiger partial charge in [0.25, 0.3) is 5.91 Å². The molecule has 1 fully saturated rings. The van der Waals surface area contributed by atoms with Gasteiger partial charge in [0.2, 0.25) is 11.8 Å². The smallest absolute Gasteiger partial charge is 0.257 e. The number of nitrogens with zero attached hydrogens (tertiary/aromatic N) is 2. The molecule has 2 aliphatic rings. The molecule has 0 radical (unpaired) electrons. The molecule has 1 N–H and O–H groups in total. The molecule has 0 bridgehead atoms. The number of hydrogen-bond donors (Lipinski definition) is 1. The zero-order valence-electron chi connectivity index (χ0n) is 19.0. The second-order valence-corrected chi connectivity index (χ2v) is 8.74. The highest BCUT2D eigenvalue weighted by molar-refractivity contribution is 5.99. The van der Waals surface area contributed by atoms with Crippen LogP contribution in [0.4, 0.5) is 5.69 Å². The van der Waals surface area contributed by atoms with Crippen molar-refractivity contribution in [3.8, 4) is 5.75 Å². The molecular formula is C23H33N3O5. The topological polar surface area (TPSA) is 88.2 Å². The normalized spacial score (nSPS) is 25.1. The number of benzene rings is 1. The summed E-state index contributed by atoms with van der Waals surface area (Å²) in [5, 5.41) is 2.90. The Labute approximate surface area is 183 Å². The molecule has 1 heterocycles. The van der Waals surface area contributed by atoms with Gasteiger partial charge >= 0.3 is 0 Å². The summed E-state index contributed by atoms with van der Waals surface area (Å²) in [5.41, 5.74) is 1.01.